The first-order chi connectivity index (χ1) is 20.2. The highest BCUT2D eigenvalue weighted by Crippen LogP contribution is 2.68. The SMILES string of the molecule is CC.CC.CC.CC.CCN(C)C.C[C@@H]1Cc2cc(O)ccc2C2CCC3(C)C(CCC3(C)COc3ccccc3)C21. The second-order valence-corrected chi connectivity index (χ2v) is 11.9. The Morgan fingerprint density at radius 3 is 1.98 bits per heavy atom. The van der Waals surface area contributed by atoms with Crippen molar-refractivity contribution in [3.8, 4) is 11.5 Å². The Labute approximate surface area is 262 Å². The summed E-state index contributed by atoms with van der Waals surface area (Å²) in [7, 11) is 4.11. The van der Waals surface area contributed by atoms with Crippen LogP contribution in [0.3, 0.4) is 0 Å². The van der Waals surface area contributed by atoms with Crippen molar-refractivity contribution in [2.75, 3.05) is 27.2 Å². The van der Waals surface area contributed by atoms with Crippen molar-refractivity contribution in [2.24, 2.45) is 28.6 Å². The maximum Gasteiger partial charge on any atom is 0.119 e. The summed E-state index contributed by atoms with van der Waals surface area (Å²) in [6, 6.07) is 16.4. The lowest BCUT2D eigenvalue weighted by Crippen LogP contribution is -2.49. The molecule has 3 nitrogen and oxygen atoms in total. The molecule has 242 valence electrons. The van der Waals surface area contributed by atoms with Crippen molar-refractivity contribution in [1.29, 1.82) is 0 Å². The van der Waals surface area contributed by atoms with E-state index in [2.05, 4.69) is 77.0 Å². The van der Waals surface area contributed by atoms with Crippen molar-refractivity contribution in [3.63, 3.8) is 0 Å². The summed E-state index contributed by atoms with van der Waals surface area (Å²) in [5.41, 5.74) is 3.47. The quantitative estimate of drug-likeness (QED) is 0.388. The lowest BCUT2D eigenvalue weighted by atomic mass is 9.49. The minimum Gasteiger partial charge on any atom is -0.508 e. The molecule has 2 aromatic carbocycles. The number of hydrogen-bond donors (Lipinski definition) is 1. The summed E-state index contributed by atoms with van der Waals surface area (Å²) in [5.74, 6) is 4.27. The summed E-state index contributed by atoms with van der Waals surface area (Å²) in [5, 5.41) is 9.97. The maximum absolute atomic E-state index is 9.97. The summed E-state index contributed by atoms with van der Waals surface area (Å²) >= 11 is 0. The molecular weight excluding hydrogens is 514 g/mol. The van der Waals surface area contributed by atoms with Crippen LogP contribution in [0.25, 0.3) is 0 Å². The molecule has 2 saturated carbocycles. The summed E-state index contributed by atoms with van der Waals surface area (Å²) < 4.78 is 6.31. The number of aromatic hydroxyl groups is 1. The highest BCUT2D eigenvalue weighted by molar-refractivity contribution is 5.40. The number of rotatable bonds is 4. The zero-order chi connectivity index (χ0) is 32.5. The summed E-state index contributed by atoms with van der Waals surface area (Å²) in [6.45, 7) is 27.6. The van der Waals surface area contributed by atoms with Gasteiger partial charge in [0.15, 0.2) is 0 Å². The van der Waals surface area contributed by atoms with Crippen LogP contribution in [-0.4, -0.2) is 37.3 Å². The Morgan fingerprint density at radius 2 is 1.43 bits per heavy atom. The summed E-state index contributed by atoms with van der Waals surface area (Å²) in [4.78, 5) is 2.12. The predicted octanol–water partition coefficient (Wildman–Crippen LogP) is 11.3. The fraction of sp³-hybridized carbons (Fsp3) is 0.692. The average molecular weight is 584 g/mol. The van der Waals surface area contributed by atoms with E-state index in [1.807, 2.05) is 73.6 Å². The molecule has 1 N–H and O–H groups in total. The number of nitrogens with zero attached hydrogens (tertiary/aromatic N) is 1. The molecule has 6 atom stereocenters. The van der Waals surface area contributed by atoms with E-state index < -0.39 is 0 Å². The van der Waals surface area contributed by atoms with Gasteiger partial charge in [-0.3, -0.25) is 0 Å². The van der Waals surface area contributed by atoms with Crippen molar-refractivity contribution in [2.45, 2.75) is 121 Å². The summed E-state index contributed by atoms with van der Waals surface area (Å²) in [6.07, 6.45) is 6.24. The van der Waals surface area contributed by atoms with E-state index in [9.17, 15) is 5.11 Å². The largest absolute Gasteiger partial charge is 0.508 e. The smallest absolute Gasteiger partial charge is 0.119 e. The Balaban J connectivity index is 0.00000113. The Morgan fingerprint density at radius 1 is 0.857 bits per heavy atom. The first-order valence-electron chi connectivity index (χ1n) is 17.3. The van der Waals surface area contributed by atoms with Gasteiger partial charge in [-0.2, -0.15) is 0 Å². The van der Waals surface area contributed by atoms with E-state index in [1.165, 1.54) is 36.8 Å². The fourth-order valence-electron chi connectivity index (χ4n) is 7.32. The topological polar surface area (TPSA) is 32.7 Å². The lowest BCUT2D eigenvalue weighted by Gasteiger charge is -2.55. The minimum absolute atomic E-state index is 0.230. The zero-order valence-corrected chi connectivity index (χ0v) is 30.2. The van der Waals surface area contributed by atoms with Gasteiger partial charge in [-0.1, -0.05) is 107 Å². The van der Waals surface area contributed by atoms with Crippen LogP contribution >= 0.6 is 0 Å². The molecule has 0 bridgehead atoms. The molecule has 0 spiro atoms. The number of phenols is 1. The molecule has 5 rings (SSSR count). The maximum atomic E-state index is 9.97. The fourth-order valence-corrected chi connectivity index (χ4v) is 7.32. The molecule has 0 aromatic heterocycles. The number of fused-ring (bicyclic) bond motifs is 5. The predicted molar refractivity (Wildman–Crippen MR) is 187 cm³/mol. The number of ether oxygens (including phenoxy) is 1. The number of hydrogen-bond acceptors (Lipinski definition) is 3. The molecule has 2 fully saturated rings. The van der Waals surface area contributed by atoms with Gasteiger partial charge in [0.05, 0.1) is 6.61 Å². The second kappa shape index (κ2) is 20.0. The number of benzene rings is 2. The Hall–Kier alpha value is -2.00. The standard InChI is InChI=1S/C27H34O2.C4H11N.4C2H6/c1-18-15-19-16-20(28)9-10-22(19)23-11-14-27(3)24(25(18)23)12-13-26(27,2)17-29-21-7-5-4-6-8-21;1-4-5(2)3;4*1-2/h4-10,16,18,23-25,28H,11-15,17H2,1-3H3;4H2,1-3H3;4*1-2H3/t18-,23?,24?,25?,26?,27?;;;;;/m1...../s1. The molecule has 2 aromatic rings. The molecule has 3 aliphatic rings. The van der Waals surface area contributed by atoms with Crippen LogP contribution in [0.1, 0.15) is 126 Å². The van der Waals surface area contributed by atoms with E-state index in [4.69, 9.17) is 4.74 Å². The Bertz CT molecular complexity index is 958. The molecular formula is C39H69NO2. The van der Waals surface area contributed by atoms with Crippen LogP contribution in [-0.2, 0) is 6.42 Å². The van der Waals surface area contributed by atoms with Crippen molar-refractivity contribution in [3.05, 3.63) is 59.7 Å². The Kier molecular flexibility index (Phi) is 19.1. The first-order valence-corrected chi connectivity index (χ1v) is 17.3. The van der Waals surface area contributed by atoms with E-state index in [-0.39, 0.29) is 5.41 Å². The van der Waals surface area contributed by atoms with Gasteiger partial charge >= 0.3 is 0 Å². The van der Waals surface area contributed by atoms with Gasteiger partial charge < -0.3 is 14.7 Å². The molecule has 0 heterocycles. The monoisotopic (exact) mass is 584 g/mol. The van der Waals surface area contributed by atoms with Crippen LogP contribution in [0.2, 0.25) is 0 Å². The van der Waals surface area contributed by atoms with Gasteiger partial charge in [0.2, 0.25) is 0 Å². The third kappa shape index (κ3) is 9.50. The van der Waals surface area contributed by atoms with E-state index in [0.29, 0.717) is 23.0 Å². The van der Waals surface area contributed by atoms with Gasteiger partial charge in [0.25, 0.3) is 0 Å². The number of para-hydroxylation sites is 1. The average Bonchev–Trinajstić information content (AvgIpc) is 3.31. The van der Waals surface area contributed by atoms with Crippen LogP contribution < -0.4 is 4.74 Å². The minimum atomic E-state index is 0.230. The normalized spacial score (nSPS) is 28.0. The third-order valence-corrected chi connectivity index (χ3v) is 9.77. The van der Waals surface area contributed by atoms with Gasteiger partial charge in [-0.05, 0) is 117 Å². The van der Waals surface area contributed by atoms with Gasteiger partial charge in [-0.25, -0.2) is 0 Å². The second-order valence-electron chi connectivity index (χ2n) is 11.9. The molecule has 0 amide bonds. The van der Waals surface area contributed by atoms with Crippen molar-refractivity contribution in [1.82, 2.24) is 4.90 Å². The highest BCUT2D eigenvalue weighted by atomic mass is 16.5. The molecule has 0 radical (unpaired) electrons. The van der Waals surface area contributed by atoms with Crippen LogP contribution in [0.5, 0.6) is 11.5 Å². The first kappa shape index (κ1) is 40.0. The third-order valence-electron chi connectivity index (χ3n) is 9.77. The van der Waals surface area contributed by atoms with Crippen molar-refractivity contribution >= 4 is 0 Å². The molecule has 3 heteroatoms. The molecule has 42 heavy (non-hydrogen) atoms. The lowest BCUT2D eigenvalue weighted by molar-refractivity contribution is -0.0514. The van der Waals surface area contributed by atoms with Crippen molar-refractivity contribution < 1.29 is 9.84 Å². The van der Waals surface area contributed by atoms with Gasteiger partial charge in [-0.15, -0.1) is 0 Å². The van der Waals surface area contributed by atoms with Crippen LogP contribution in [0.15, 0.2) is 48.5 Å². The van der Waals surface area contributed by atoms with Crippen LogP contribution in [0, 0.1) is 28.6 Å². The van der Waals surface area contributed by atoms with Gasteiger partial charge in [0.1, 0.15) is 11.5 Å². The van der Waals surface area contributed by atoms with Gasteiger partial charge in [0, 0.05) is 5.41 Å². The highest BCUT2D eigenvalue weighted by Gasteiger charge is 2.61. The zero-order valence-electron chi connectivity index (χ0n) is 30.2. The molecule has 3 aliphatic carbocycles. The van der Waals surface area contributed by atoms with E-state index >= 15 is 0 Å². The molecule has 5 unspecified atom stereocenters. The van der Waals surface area contributed by atoms with Crippen LogP contribution in [0.4, 0.5) is 0 Å². The molecule has 0 saturated heterocycles. The van der Waals surface area contributed by atoms with E-state index in [1.54, 1.807) is 0 Å². The number of phenolic OH excluding ortho intramolecular Hbond substituents is 1. The van der Waals surface area contributed by atoms with E-state index in [0.717, 1.165) is 37.2 Å². The molecule has 0 aliphatic heterocycles.